The summed E-state index contributed by atoms with van der Waals surface area (Å²) in [5.74, 6) is 7.60. The molecule has 1 fully saturated rings. The molecule has 0 amide bonds. The third-order valence-electron chi connectivity index (χ3n) is 3.95. The van der Waals surface area contributed by atoms with Crippen molar-refractivity contribution in [1.29, 1.82) is 0 Å². The fraction of sp³-hybridized carbons (Fsp3) is 0.857. The van der Waals surface area contributed by atoms with Gasteiger partial charge in [-0.1, -0.05) is 32.1 Å². The zero-order chi connectivity index (χ0) is 14.0. The van der Waals surface area contributed by atoms with Crippen molar-refractivity contribution < 1.29 is 0 Å². The molecule has 0 aromatic carbocycles. The lowest BCUT2D eigenvalue weighted by atomic mass is 10.1. The van der Waals surface area contributed by atoms with Crippen LogP contribution in [-0.2, 0) is 0 Å². The first-order valence-electron chi connectivity index (χ1n) is 7.00. The van der Waals surface area contributed by atoms with Gasteiger partial charge in [-0.05, 0) is 32.4 Å². The fourth-order valence-electron chi connectivity index (χ4n) is 3.66. The summed E-state index contributed by atoms with van der Waals surface area (Å²) in [7, 11) is -2.48. The van der Waals surface area contributed by atoms with E-state index in [1.165, 1.54) is 12.1 Å². The van der Waals surface area contributed by atoms with Gasteiger partial charge in [0.05, 0.1) is 5.54 Å². The van der Waals surface area contributed by atoms with E-state index in [0.29, 0.717) is 0 Å². The third kappa shape index (κ3) is 3.63. The van der Waals surface area contributed by atoms with Crippen molar-refractivity contribution in [1.82, 2.24) is 4.23 Å². The lowest BCUT2D eigenvalue weighted by molar-refractivity contribution is 0.417. The van der Waals surface area contributed by atoms with Gasteiger partial charge >= 0.3 is 0 Å². The molecule has 0 radical (unpaired) electrons. The van der Waals surface area contributed by atoms with Crippen LogP contribution >= 0.6 is 11.6 Å². The van der Waals surface area contributed by atoms with Gasteiger partial charge in [0.2, 0.25) is 0 Å². The molecule has 0 bridgehead atoms. The number of hydrogen-bond acceptors (Lipinski definition) is 1. The predicted molar refractivity (Wildman–Crippen MR) is 88.2 cm³/mol. The van der Waals surface area contributed by atoms with E-state index < -0.39 is 16.5 Å². The van der Waals surface area contributed by atoms with Crippen LogP contribution in [0.25, 0.3) is 0 Å². The van der Waals surface area contributed by atoms with Gasteiger partial charge in [0, 0.05) is 12.3 Å². The van der Waals surface area contributed by atoms with Gasteiger partial charge in [0.25, 0.3) is 0 Å². The normalized spacial score (nSPS) is 22.6. The van der Waals surface area contributed by atoms with Crippen molar-refractivity contribution in [2.24, 2.45) is 0 Å². The standard InChI is InChI=1S/C14H28ClNSi2/c1-14(2,10-8-7-9-11-15)16-17(3,4)12-13-18(16,5)6/h7,9,11-13H2,1-6H3. The lowest BCUT2D eigenvalue weighted by Crippen LogP contribution is -2.63. The highest BCUT2D eigenvalue weighted by atomic mass is 35.5. The molecule has 18 heavy (non-hydrogen) atoms. The molecule has 104 valence electrons. The Kier molecular flexibility index (Phi) is 5.16. The molecule has 1 aliphatic heterocycles. The molecule has 4 heteroatoms. The number of rotatable bonds is 3. The number of nitrogens with zero attached hydrogens (tertiary/aromatic N) is 1. The van der Waals surface area contributed by atoms with Crippen molar-refractivity contribution >= 4 is 28.1 Å². The van der Waals surface area contributed by atoms with Crippen molar-refractivity contribution in [3.8, 4) is 11.8 Å². The molecular formula is C14H28ClNSi2. The molecule has 0 N–H and O–H groups in total. The average molecular weight is 302 g/mol. The molecule has 0 aromatic heterocycles. The van der Waals surface area contributed by atoms with E-state index >= 15 is 0 Å². The van der Waals surface area contributed by atoms with Gasteiger partial charge in [0.1, 0.15) is 16.5 Å². The second kappa shape index (κ2) is 5.70. The van der Waals surface area contributed by atoms with E-state index in [9.17, 15) is 0 Å². The summed E-state index contributed by atoms with van der Waals surface area (Å²) >= 11 is 5.70. The Bertz CT molecular complexity index is 337. The second-order valence-electron chi connectivity index (χ2n) is 7.11. The first kappa shape index (κ1) is 16.3. The van der Waals surface area contributed by atoms with Gasteiger partial charge in [-0.25, -0.2) is 0 Å². The number of alkyl halides is 1. The van der Waals surface area contributed by atoms with Crippen molar-refractivity contribution in [2.45, 2.75) is 70.5 Å². The average Bonchev–Trinajstić information content (AvgIpc) is 2.43. The van der Waals surface area contributed by atoms with Crippen molar-refractivity contribution in [3.63, 3.8) is 0 Å². The lowest BCUT2D eigenvalue weighted by Gasteiger charge is -2.47. The Morgan fingerprint density at radius 3 is 2.06 bits per heavy atom. The number of hydrogen-bond donors (Lipinski definition) is 0. The van der Waals surface area contributed by atoms with Gasteiger partial charge in [0.15, 0.2) is 0 Å². The SMILES string of the molecule is CC(C)(C#CCCCCl)N1[Si](C)(C)CC[Si]1(C)C. The minimum Gasteiger partial charge on any atom is -0.331 e. The maximum Gasteiger partial charge on any atom is 0.116 e. The Morgan fingerprint density at radius 1 is 1.11 bits per heavy atom. The quantitative estimate of drug-likeness (QED) is 0.321. The van der Waals surface area contributed by atoms with Gasteiger partial charge in [-0.2, -0.15) is 0 Å². The van der Waals surface area contributed by atoms with Gasteiger partial charge in [-0.3, -0.25) is 0 Å². The van der Waals surface area contributed by atoms with Crippen molar-refractivity contribution in [2.75, 3.05) is 5.88 Å². The summed E-state index contributed by atoms with van der Waals surface area (Å²) in [6.07, 6.45) is 1.94. The first-order chi connectivity index (χ1) is 8.13. The third-order valence-corrected chi connectivity index (χ3v) is 14.8. The molecule has 0 aromatic rings. The number of unbranched alkanes of at least 4 members (excludes halogenated alkanes) is 1. The summed E-state index contributed by atoms with van der Waals surface area (Å²) in [5.41, 5.74) is 0.0499. The highest BCUT2D eigenvalue weighted by Crippen LogP contribution is 2.41. The van der Waals surface area contributed by atoms with E-state index in [4.69, 9.17) is 11.6 Å². The van der Waals surface area contributed by atoms with Gasteiger partial charge < -0.3 is 4.23 Å². The van der Waals surface area contributed by atoms with Crippen LogP contribution in [0.1, 0.15) is 26.7 Å². The molecule has 1 rings (SSSR count). The maximum absolute atomic E-state index is 5.70. The topological polar surface area (TPSA) is 3.24 Å². The monoisotopic (exact) mass is 301 g/mol. The summed E-state index contributed by atoms with van der Waals surface area (Å²) < 4.78 is 2.88. The smallest absolute Gasteiger partial charge is 0.116 e. The van der Waals surface area contributed by atoms with Crippen LogP contribution in [0.3, 0.4) is 0 Å². The second-order valence-corrected chi connectivity index (χ2v) is 17.1. The van der Waals surface area contributed by atoms with E-state index in [1.807, 2.05) is 0 Å². The molecule has 1 heterocycles. The maximum atomic E-state index is 5.70. The number of halogens is 1. The van der Waals surface area contributed by atoms with Gasteiger partial charge in [-0.15, -0.1) is 17.5 Å². The summed E-state index contributed by atoms with van der Waals surface area (Å²) in [6, 6.07) is 2.89. The molecule has 1 aliphatic rings. The van der Waals surface area contributed by atoms with E-state index in [-0.39, 0.29) is 5.54 Å². The molecule has 0 spiro atoms. The Morgan fingerprint density at radius 2 is 1.61 bits per heavy atom. The van der Waals surface area contributed by atoms with E-state index in [1.54, 1.807) is 0 Å². The zero-order valence-electron chi connectivity index (χ0n) is 12.9. The summed E-state index contributed by atoms with van der Waals surface area (Å²) in [4.78, 5) is 0. The Balaban J connectivity index is 2.90. The molecule has 1 saturated heterocycles. The molecule has 0 atom stereocenters. The van der Waals surface area contributed by atoms with Crippen molar-refractivity contribution in [3.05, 3.63) is 0 Å². The van der Waals surface area contributed by atoms with Crippen LogP contribution in [-0.4, -0.2) is 32.1 Å². The minimum atomic E-state index is -1.24. The molecule has 1 nitrogen and oxygen atoms in total. The molecule has 0 aliphatic carbocycles. The van der Waals surface area contributed by atoms with Crippen LogP contribution < -0.4 is 0 Å². The van der Waals surface area contributed by atoms with E-state index in [0.717, 1.165) is 18.7 Å². The first-order valence-corrected chi connectivity index (χ1v) is 13.8. The van der Waals surface area contributed by atoms with Crippen LogP contribution in [0.2, 0.25) is 38.3 Å². The van der Waals surface area contributed by atoms with E-state index in [2.05, 4.69) is 56.1 Å². The molecule has 0 unspecified atom stereocenters. The summed E-state index contributed by atoms with van der Waals surface area (Å²) in [5, 5.41) is 0. The van der Waals surface area contributed by atoms with Crippen LogP contribution in [0.5, 0.6) is 0 Å². The highest BCUT2D eigenvalue weighted by molar-refractivity contribution is 6.95. The predicted octanol–water partition coefficient (Wildman–Crippen LogP) is 4.51. The Hall–Kier alpha value is 0.244. The van der Waals surface area contributed by atoms with Crippen LogP contribution in [0.15, 0.2) is 0 Å². The largest absolute Gasteiger partial charge is 0.331 e. The molecule has 0 saturated carbocycles. The highest BCUT2D eigenvalue weighted by Gasteiger charge is 2.52. The Labute approximate surface area is 120 Å². The minimum absolute atomic E-state index is 0.0499. The fourth-order valence-corrected chi connectivity index (χ4v) is 19.5. The zero-order valence-corrected chi connectivity index (χ0v) is 15.6. The van der Waals surface area contributed by atoms with Crippen LogP contribution in [0.4, 0.5) is 0 Å². The molecular weight excluding hydrogens is 274 g/mol. The summed E-state index contributed by atoms with van der Waals surface area (Å²) in [6.45, 7) is 14.7. The van der Waals surface area contributed by atoms with Crippen LogP contribution in [0, 0.1) is 11.8 Å².